The third-order valence-corrected chi connectivity index (χ3v) is 2.24. The average molecular weight is 250 g/mol. The van der Waals surface area contributed by atoms with E-state index in [4.69, 9.17) is 19.0 Å². The first kappa shape index (κ1) is 12.4. The summed E-state index contributed by atoms with van der Waals surface area (Å²) in [6.45, 7) is 0.171. The second-order valence-electron chi connectivity index (χ2n) is 3.53. The maximum absolute atomic E-state index is 8.72. The molecule has 0 aliphatic carbocycles. The summed E-state index contributed by atoms with van der Waals surface area (Å²) in [5, 5.41) is 16.3. The molecule has 0 bridgehead atoms. The molecule has 0 aliphatic rings. The number of aliphatic hydroxyl groups is 1. The topological polar surface area (TPSA) is 77.6 Å². The largest absolute Gasteiger partial charge is 0.497 e. The van der Waals surface area contributed by atoms with Crippen LogP contribution in [0.25, 0.3) is 0 Å². The molecule has 6 heteroatoms. The average Bonchev–Trinajstić information content (AvgIpc) is 2.85. The van der Waals surface area contributed by atoms with Crippen molar-refractivity contribution in [3.8, 4) is 11.5 Å². The van der Waals surface area contributed by atoms with Crippen molar-refractivity contribution in [2.24, 2.45) is 0 Å². The van der Waals surface area contributed by atoms with Crippen LogP contribution in [-0.4, -0.2) is 29.0 Å². The Labute approximate surface area is 104 Å². The molecule has 0 saturated carbocycles. The number of rotatable bonds is 6. The minimum Gasteiger partial charge on any atom is -0.497 e. The molecule has 0 amide bonds. The summed E-state index contributed by atoms with van der Waals surface area (Å²) in [5.74, 6) is 2.17. The predicted octanol–water partition coefficient (Wildman–Crippen LogP) is 1.19. The molecule has 18 heavy (non-hydrogen) atoms. The molecular weight excluding hydrogens is 236 g/mol. The lowest BCUT2D eigenvalue weighted by Crippen LogP contribution is -1.96. The second-order valence-corrected chi connectivity index (χ2v) is 3.53. The lowest BCUT2D eigenvalue weighted by molar-refractivity contribution is 0.249. The molecule has 96 valence electrons. The van der Waals surface area contributed by atoms with Crippen molar-refractivity contribution in [3.05, 3.63) is 36.0 Å². The first-order valence-electron chi connectivity index (χ1n) is 5.51. The number of hydrogen-bond donors (Lipinski definition) is 1. The van der Waals surface area contributed by atoms with Crippen LogP contribution in [0.2, 0.25) is 0 Å². The summed E-state index contributed by atoms with van der Waals surface area (Å²) in [6.07, 6.45) is 0.353. The maximum atomic E-state index is 8.72. The van der Waals surface area contributed by atoms with Gasteiger partial charge < -0.3 is 19.0 Å². The summed E-state index contributed by atoms with van der Waals surface area (Å²) < 4.78 is 15.8. The molecular formula is C12H14N2O4. The van der Waals surface area contributed by atoms with Crippen LogP contribution in [0.3, 0.4) is 0 Å². The van der Waals surface area contributed by atoms with Gasteiger partial charge in [-0.2, -0.15) is 0 Å². The van der Waals surface area contributed by atoms with E-state index >= 15 is 0 Å². The van der Waals surface area contributed by atoms with Crippen molar-refractivity contribution >= 4 is 0 Å². The second kappa shape index (κ2) is 6.02. The van der Waals surface area contributed by atoms with E-state index in [0.717, 1.165) is 5.75 Å². The predicted molar refractivity (Wildman–Crippen MR) is 62.4 cm³/mol. The van der Waals surface area contributed by atoms with Crippen molar-refractivity contribution in [2.45, 2.75) is 13.0 Å². The van der Waals surface area contributed by atoms with Gasteiger partial charge >= 0.3 is 0 Å². The summed E-state index contributed by atoms with van der Waals surface area (Å²) >= 11 is 0. The van der Waals surface area contributed by atoms with Gasteiger partial charge in [0, 0.05) is 12.5 Å². The van der Waals surface area contributed by atoms with Crippen LogP contribution in [0.5, 0.6) is 11.5 Å². The van der Waals surface area contributed by atoms with Crippen molar-refractivity contribution < 1.29 is 19.0 Å². The summed E-state index contributed by atoms with van der Waals surface area (Å²) in [5.41, 5.74) is 0. The number of hydrogen-bond acceptors (Lipinski definition) is 6. The van der Waals surface area contributed by atoms with Gasteiger partial charge in [-0.1, -0.05) is 6.07 Å². The Morgan fingerprint density at radius 3 is 2.78 bits per heavy atom. The maximum Gasteiger partial charge on any atom is 0.253 e. The van der Waals surface area contributed by atoms with E-state index in [-0.39, 0.29) is 13.2 Å². The lowest BCUT2D eigenvalue weighted by atomic mass is 10.3. The smallest absolute Gasteiger partial charge is 0.253 e. The third kappa shape index (κ3) is 3.21. The summed E-state index contributed by atoms with van der Waals surface area (Å²) in [4.78, 5) is 0. The zero-order chi connectivity index (χ0) is 12.8. The highest BCUT2D eigenvalue weighted by Gasteiger charge is 2.06. The molecule has 2 rings (SSSR count). The molecule has 0 aliphatic heterocycles. The first-order chi connectivity index (χ1) is 8.81. The van der Waals surface area contributed by atoms with Gasteiger partial charge in [-0.05, 0) is 12.1 Å². The highest BCUT2D eigenvalue weighted by Crippen LogP contribution is 2.19. The highest BCUT2D eigenvalue weighted by molar-refractivity contribution is 5.32. The Balaban J connectivity index is 1.93. The molecule has 1 N–H and O–H groups in total. The van der Waals surface area contributed by atoms with Crippen molar-refractivity contribution in [3.63, 3.8) is 0 Å². The molecule has 1 aromatic carbocycles. The molecule has 0 unspecified atom stereocenters. The van der Waals surface area contributed by atoms with Crippen LogP contribution in [0.15, 0.2) is 28.7 Å². The molecule has 2 aromatic rings. The quantitative estimate of drug-likeness (QED) is 0.829. The SMILES string of the molecule is COc1cccc(OCc2nnc(CCO)o2)c1. The van der Waals surface area contributed by atoms with Gasteiger partial charge in [0.25, 0.3) is 5.89 Å². The van der Waals surface area contributed by atoms with E-state index in [9.17, 15) is 0 Å². The van der Waals surface area contributed by atoms with Gasteiger partial charge in [0.15, 0.2) is 6.61 Å². The van der Waals surface area contributed by atoms with E-state index in [2.05, 4.69) is 10.2 Å². The number of aliphatic hydroxyl groups excluding tert-OH is 1. The Hall–Kier alpha value is -2.08. The molecule has 0 fully saturated rings. The zero-order valence-corrected chi connectivity index (χ0v) is 10.00. The van der Waals surface area contributed by atoms with Crippen molar-refractivity contribution in [2.75, 3.05) is 13.7 Å². The Bertz CT molecular complexity index is 498. The van der Waals surface area contributed by atoms with Gasteiger partial charge in [-0.15, -0.1) is 10.2 Å². The summed E-state index contributed by atoms with van der Waals surface area (Å²) in [7, 11) is 1.60. The number of aromatic nitrogens is 2. The fraction of sp³-hybridized carbons (Fsp3) is 0.333. The zero-order valence-electron chi connectivity index (χ0n) is 10.00. The minimum absolute atomic E-state index is 0.0155. The fourth-order valence-corrected chi connectivity index (χ4v) is 1.38. The monoisotopic (exact) mass is 250 g/mol. The van der Waals surface area contributed by atoms with Crippen molar-refractivity contribution in [1.82, 2.24) is 10.2 Å². The molecule has 0 saturated heterocycles. The molecule has 1 heterocycles. The fourth-order valence-electron chi connectivity index (χ4n) is 1.38. The van der Waals surface area contributed by atoms with E-state index in [1.807, 2.05) is 18.2 Å². The first-order valence-corrected chi connectivity index (χ1v) is 5.51. The Morgan fingerprint density at radius 2 is 2.00 bits per heavy atom. The number of methoxy groups -OCH3 is 1. The van der Waals surface area contributed by atoms with Crippen molar-refractivity contribution in [1.29, 1.82) is 0 Å². The van der Waals surface area contributed by atoms with Gasteiger partial charge in [0.05, 0.1) is 13.7 Å². The van der Waals surface area contributed by atoms with Gasteiger partial charge in [0.1, 0.15) is 11.5 Å². The standard InChI is InChI=1S/C12H14N2O4/c1-16-9-3-2-4-10(7-9)17-8-12-14-13-11(18-12)5-6-15/h2-4,7,15H,5-6,8H2,1H3. The van der Waals surface area contributed by atoms with Crippen LogP contribution in [-0.2, 0) is 13.0 Å². The molecule has 0 atom stereocenters. The van der Waals surface area contributed by atoms with Crippen LogP contribution in [0, 0.1) is 0 Å². The molecule has 6 nitrogen and oxygen atoms in total. The van der Waals surface area contributed by atoms with Gasteiger partial charge in [-0.3, -0.25) is 0 Å². The highest BCUT2D eigenvalue weighted by atomic mass is 16.5. The lowest BCUT2D eigenvalue weighted by Gasteiger charge is -2.05. The Morgan fingerprint density at radius 1 is 1.22 bits per heavy atom. The van der Waals surface area contributed by atoms with E-state index < -0.39 is 0 Å². The van der Waals surface area contributed by atoms with Crippen LogP contribution in [0.4, 0.5) is 0 Å². The van der Waals surface area contributed by atoms with Crippen LogP contribution >= 0.6 is 0 Å². The van der Waals surface area contributed by atoms with E-state index in [1.165, 1.54) is 0 Å². The van der Waals surface area contributed by atoms with E-state index in [0.29, 0.717) is 24.0 Å². The molecule has 1 aromatic heterocycles. The van der Waals surface area contributed by atoms with Gasteiger partial charge in [-0.25, -0.2) is 0 Å². The van der Waals surface area contributed by atoms with E-state index in [1.54, 1.807) is 13.2 Å². The van der Waals surface area contributed by atoms with Crippen LogP contribution in [0.1, 0.15) is 11.8 Å². The number of nitrogens with zero attached hydrogens (tertiary/aromatic N) is 2. The Kier molecular flexibility index (Phi) is 4.14. The number of ether oxygens (including phenoxy) is 2. The third-order valence-electron chi connectivity index (χ3n) is 2.24. The van der Waals surface area contributed by atoms with Crippen LogP contribution < -0.4 is 9.47 Å². The van der Waals surface area contributed by atoms with Gasteiger partial charge in [0.2, 0.25) is 5.89 Å². The number of benzene rings is 1. The molecule has 0 radical (unpaired) electrons. The minimum atomic E-state index is -0.0155. The molecule has 0 spiro atoms. The normalized spacial score (nSPS) is 10.3. The summed E-state index contributed by atoms with van der Waals surface area (Å²) in [6, 6.07) is 7.25.